The minimum absolute atomic E-state index is 0.0387. The normalized spacial score (nSPS) is 12.7. The van der Waals surface area contributed by atoms with Gasteiger partial charge in [-0.1, -0.05) is 13.8 Å². The van der Waals surface area contributed by atoms with E-state index in [9.17, 15) is 9.59 Å². The molecule has 0 aliphatic rings. The molecule has 0 aliphatic heterocycles. The molecule has 0 bridgehead atoms. The Bertz CT molecular complexity index is 277. The molecule has 0 aliphatic carbocycles. The van der Waals surface area contributed by atoms with Gasteiger partial charge in [0, 0.05) is 26.1 Å². The molecule has 0 saturated carbocycles. The van der Waals surface area contributed by atoms with Gasteiger partial charge in [-0.2, -0.15) is 0 Å². The molecule has 0 fully saturated rings. The van der Waals surface area contributed by atoms with Gasteiger partial charge in [-0.25, -0.2) is 0 Å². The second-order valence-corrected chi connectivity index (χ2v) is 5.12. The van der Waals surface area contributed by atoms with Crippen LogP contribution in [0.4, 0.5) is 0 Å². The molecule has 2 amide bonds. The summed E-state index contributed by atoms with van der Waals surface area (Å²) in [6.07, 6.45) is 0.550. The van der Waals surface area contributed by atoms with Crippen molar-refractivity contribution in [1.29, 1.82) is 0 Å². The maximum atomic E-state index is 12.4. The quantitative estimate of drug-likeness (QED) is 0.708. The zero-order valence-corrected chi connectivity index (χ0v) is 12.1. The summed E-state index contributed by atoms with van der Waals surface area (Å²) in [6.45, 7) is 9.65. The summed E-state index contributed by atoms with van der Waals surface area (Å²) in [7, 11) is 0. The molecule has 5 nitrogen and oxygen atoms in total. The van der Waals surface area contributed by atoms with Crippen LogP contribution >= 0.6 is 0 Å². The Kier molecular flexibility index (Phi) is 7.59. The molecule has 2 N–H and O–H groups in total. The minimum atomic E-state index is -0.497. The van der Waals surface area contributed by atoms with Crippen molar-refractivity contribution in [3.05, 3.63) is 0 Å². The molecule has 0 radical (unpaired) electrons. The molecule has 18 heavy (non-hydrogen) atoms. The molecule has 1 unspecified atom stereocenters. The summed E-state index contributed by atoms with van der Waals surface area (Å²) in [5, 5.41) is 11.6. The molecular formula is C13H26N2O3. The van der Waals surface area contributed by atoms with Crippen molar-refractivity contribution in [2.75, 3.05) is 13.2 Å². The lowest BCUT2D eigenvalue weighted by Gasteiger charge is -2.32. The van der Waals surface area contributed by atoms with Crippen LogP contribution in [0.3, 0.4) is 0 Å². The van der Waals surface area contributed by atoms with E-state index in [2.05, 4.69) is 5.32 Å². The Morgan fingerprint density at radius 3 is 2.11 bits per heavy atom. The molecule has 0 rings (SSSR count). The first-order chi connectivity index (χ1) is 8.31. The average molecular weight is 258 g/mol. The molecule has 1 atom stereocenters. The standard InChI is InChI=1S/C13H26N2O3/c1-9(2)12(14-11(5)17)13(18)15(10(3)4)7-6-8-16/h9-10,12,16H,6-8H2,1-5H3,(H,14,17). The Morgan fingerprint density at radius 2 is 1.78 bits per heavy atom. The minimum Gasteiger partial charge on any atom is -0.396 e. The van der Waals surface area contributed by atoms with Crippen molar-refractivity contribution in [3.63, 3.8) is 0 Å². The zero-order valence-electron chi connectivity index (χ0n) is 12.1. The van der Waals surface area contributed by atoms with Gasteiger partial charge < -0.3 is 15.3 Å². The van der Waals surface area contributed by atoms with Crippen LogP contribution in [0.2, 0.25) is 0 Å². The van der Waals surface area contributed by atoms with E-state index < -0.39 is 6.04 Å². The van der Waals surface area contributed by atoms with Crippen molar-refractivity contribution in [2.24, 2.45) is 5.92 Å². The average Bonchev–Trinajstić information content (AvgIpc) is 2.25. The van der Waals surface area contributed by atoms with Crippen LogP contribution in [-0.4, -0.2) is 47.1 Å². The first-order valence-corrected chi connectivity index (χ1v) is 6.49. The van der Waals surface area contributed by atoms with E-state index in [1.54, 1.807) is 4.90 Å². The zero-order chi connectivity index (χ0) is 14.3. The highest BCUT2D eigenvalue weighted by molar-refractivity contribution is 5.87. The molecule has 106 valence electrons. The van der Waals surface area contributed by atoms with Gasteiger partial charge in [0.15, 0.2) is 0 Å². The van der Waals surface area contributed by atoms with Crippen molar-refractivity contribution in [2.45, 2.75) is 53.1 Å². The van der Waals surface area contributed by atoms with Gasteiger partial charge in [0.05, 0.1) is 0 Å². The summed E-state index contributed by atoms with van der Waals surface area (Å²) in [6, 6.07) is -0.442. The maximum absolute atomic E-state index is 12.4. The second kappa shape index (κ2) is 8.08. The number of hydrogen-bond donors (Lipinski definition) is 2. The fourth-order valence-corrected chi connectivity index (χ4v) is 1.78. The van der Waals surface area contributed by atoms with Gasteiger partial charge in [0.1, 0.15) is 6.04 Å². The smallest absolute Gasteiger partial charge is 0.245 e. The van der Waals surface area contributed by atoms with Gasteiger partial charge in [-0.15, -0.1) is 0 Å². The molecule has 0 aromatic heterocycles. The number of carbonyl (C=O) groups excluding carboxylic acids is 2. The monoisotopic (exact) mass is 258 g/mol. The molecule has 0 saturated heterocycles. The van der Waals surface area contributed by atoms with Crippen LogP contribution in [0.15, 0.2) is 0 Å². The van der Waals surface area contributed by atoms with Gasteiger partial charge in [-0.05, 0) is 26.2 Å². The summed E-state index contributed by atoms with van der Waals surface area (Å²) in [5.41, 5.74) is 0. The van der Waals surface area contributed by atoms with E-state index in [4.69, 9.17) is 5.11 Å². The topological polar surface area (TPSA) is 69.6 Å². The molecule has 0 aromatic carbocycles. The number of nitrogens with zero attached hydrogens (tertiary/aromatic N) is 1. The van der Waals surface area contributed by atoms with Crippen LogP contribution in [0.1, 0.15) is 41.0 Å². The predicted molar refractivity (Wildman–Crippen MR) is 71.0 cm³/mol. The molecule has 0 spiro atoms. The van der Waals surface area contributed by atoms with Crippen LogP contribution in [0, 0.1) is 5.92 Å². The number of carbonyl (C=O) groups is 2. The van der Waals surface area contributed by atoms with E-state index in [1.807, 2.05) is 27.7 Å². The van der Waals surface area contributed by atoms with Crippen LogP contribution in [-0.2, 0) is 9.59 Å². The summed E-state index contributed by atoms with van der Waals surface area (Å²) >= 11 is 0. The van der Waals surface area contributed by atoms with E-state index in [1.165, 1.54) is 6.92 Å². The van der Waals surface area contributed by atoms with Gasteiger partial charge in [0.25, 0.3) is 0 Å². The number of aliphatic hydroxyl groups is 1. The molecule has 0 aromatic rings. The first kappa shape index (κ1) is 16.9. The van der Waals surface area contributed by atoms with E-state index in [-0.39, 0.29) is 30.4 Å². The number of aliphatic hydroxyl groups excluding tert-OH is 1. The predicted octanol–water partition coefficient (Wildman–Crippen LogP) is 0.766. The number of rotatable bonds is 7. The van der Waals surface area contributed by atoms with E-state index in [0.29, 0.717) is 13.0 Å². The van der Waals surface area contributed by atoms with Gasteiger partial charge in [-0.3, -0.25) is 9.59 Å². The largest absolute Gasteiger partial charge is 0.396 e. The third kappa shape index (κ3) is 5.49. The van der Waals surface area contributed by atoms with E-state index in [0.717, 1.165) is 0 Å². The summed E-state index contributed by atoms with van der Waals surface area (Å²) < 4.78 is 0. The highest BCUT2D eigenvalue weighted by Crippen LogP contribution is 2.10. The Morgan fingerprint density at radius 1 is 1.22 bits per heavy atom. The van der Waals surface area contributed by atoms with Crippen LogP contribution < -0.4 is 5.32 Å². The van der Waals surface area contributed by atoms with Crippen molar-refractivity contribution < 1.29 is 14.7 Å². The highest BCUT2D eigenvalue weighted by atomic mass is 16.3. The third-order valence-electron chi connectivity index (χ3n) is 2.76. The van der Waals surface area contributed by atoms with Crippen molar-refractivity contribution in [1.82, 2.24) is 10.2 Å². The van der Waals surface area contributed by atoms with Gasteiger partial charge >= 0.3 is 0 Å². The van der Waals surface area contributed by atoms with Crippen LogP contribution in [0.5, 0.6) is 0 Å². The molecule has 0 heterocycles. The number of amides is 2. The first-order valence-electron chi connectivity index (χ1n) is 6.49. The third-order valence-corrected chi connectivity index (χ3v) is 2.76. The SMILES string of the molecule is CC(=O)NC(C(=O)N(CCCO)C(C)C)C(C)C. The Balaban J connectivity index is 4.82. The lowest BCUT2D eigenvalue weighted by molar-refractivity contribution is -0.139. The maximum Gasteiger partial charge on any atom is 0.245 e. The summed E-state index contributed by atoms with van der Waals surface area (Å²) in [4.78, 5) is 25.3. The lowest BCUT2D eigenvalue weighted by Crippen LogP contribution is -2.52. The highest BCUT2D eigenvalue weighted by Gasteiger charge is 2.28. The van der Waals surface area contributed by atoms with Crippen molar-refractivity contribution in [3.8, 4) is 0 Å². The number of hydrogen-bond acceptors (Lipinski definition) is 3. The van der Waals surface area contributed by atoms with E-state index >= 15 is 0 Å². The fourth-order valence-electron chi connectivity index (χ4n) is 1.78. The Hall–Kier alpha value is -1.10. The number of nitrogens with one attached hydrogen (secondary N) is 1. The van der Waals surface area contributed by atoms with Gasteiger partial charge in [0.2, 0.25) is 11.8 Å². The Labute approximate surface area is 110 Å². The summed E-state index contributed by atoms with van der Waals surface area (Å²) in [5.74, 6) is -0.242. The lowest BCUT2D eigenvalue weighted by atomic mass is 10.0. The second-order valence-electron chi connectivity index (χ2n) is 5.12. The molecular weight excluding hydrogens is 232 g/mol. The fraction of sp³-hybridized carbons (Fsp3) is 0.846. The van der Waals surface area contributed by atoms with Crippen LogP contribution in [0.25, 0.3) is 0 Å². The van der Waals surface area contributed by atoms with Crippen molar-refractivity contribution >= 4 is 11.8 Å². The molecule has 5 heteroatoms.